The van der Waals surface area contributed by atoms with Gasteiger partial charge in [-0.3, -0.25) is 4.79 Å². The van der Waals surface area contributed by atoms with Crippen LogP contribution < -0.4 is 0 Å². The molecule has 0 radical (unpaired) electrons. The van der Waals surface area contributed by atoms with E-state index in [-0.39, 0.29) is 11.3 Å². The third-order valence-electron chi connectivity index (χ3n) is 3.48. The number of benzene rings is 2. The predicted molar refractivity (Wildman–Crippen MR) is 83.2 cm³/mol. The molecular formula is C17H12BrFO2. The summed E-state index contributed by atoms with van der Waals surface area (Å²) < 4.78 is 20.2. The van der Waals surface area contributed by atoms with Gasteiger partial charge in [-0.05, 0) is 43.7 Å². The molecule has 106 valence electrons. The number of fused-ring (bicyclic) bond motifs is 1. The summed E-state index contributed by atoms with van der Waals surface area (Å²) in [4.78, 5) is 12.5. The van der Waals surface area contributed by atoms with Gasteiger partial charge in [-0.2, -0.15) is 0 Å². The SMILES string of the molecule is Cc1ccc2c(C)c(C(=O)c3ccc(Br)cc3F)oc2c1. The van der Waals surface area contributed by atoms with Crippen LogP contribution in [0, 0.1) is 19.7 Å². The van der Waals surface area contributed by atoms with Crippen LogP contribution in [0.1, 0.15) is 27.2 Å². The number of rotatable bonds is 2. The molecule has 0 spiro atoms. The van der Waals surface area contributed by atoms with Crippen LogP contribution in [0.3, 0.4) is 0 Å². The summed E-state index contributed by atoms with van der Waals surface area (Å²) >= 11 is 3.18. The van der Waals surface area contributed by atoms with E-state index in [1.807, 2.05) is 32.0 Å². The summed E-state index contributed by atoms with van der Waals surface area (Å²) in [5, 5.41) is 0.876. The lowest BCUT2D eigenvalue weighted by atomic mass is 10.0. The molecular weight excluding hydrogens is 335 g/mol. The van der Waals surface area contributed by atoms with Crippen LogP contribution in [0.25, 0.3) is 11.0 Å². The number of carbonyl (C=O) groups is 1. The smallest absolute Gasteiger partial charge is 0.231 e. The molecule has 0 aliphatic heterocycles. The van der Waals surface area contributed by atoms with Crippen LogP contribution in [-0.4, -0.2) is 5.78 Å². The number of ketones is 1. The van der Waals surface area contributed by atoms with E-state index >= 15 is 0 Å². The van der Waals surface area contributed by atoms with Gasteiger partial charge in [0.05, 0.1) is 5.56 Å². The molecule has 21 heavy (non-hydrogen) atoms. The van der Waals surface area contributed by atoms with Crippen LogP contribution in [0.15, 0.2) is 45.3 Å². The molecule has 0 N–H and O–H groups in total. The summed E-state index contributed by atoms with van der Waals surface area (Å²) in [6, 6.07) is 10.1. The molecule has 0 bridgehead atoms. The van der Waals surface area contributed by atoms with Crippen LogP contribution >= 0.6 is 15.9 Å². The van der Waals surface area contributed by atoms with Gasteiger partial charge in [0.15, 0.2) is 5.76 Å². The first-order valence-electron chi connectivity index (χ1n) is 6.47. The Labute approximate surface area is 129 Å². The average Bonchev–Trinajstić information content (AvgIpc) is 2.75. The fraction of sp³-hybridized carbons (Fsp3) is 0.118. The zero-order valence-corrected chi connectivity index (χ0v) is 13.1. The van der Waals surface area contributed by atoms with E-state index in [0.29, 0.717) is 10.1 Å². The van der Waals surface area contributed by atoms with Crippen molar-refractivity contribution in [1.29, 1.82) is 0 Å². The van der Waals surface area contributed by atoms with Crippen molar-refractivity contribution in [1.82, 2.24) is 0 Å². The first-order valence-corrected chi connectivity index (χ1v) is 7.26. The maximum atomic E-state index is 13.9. The van der Waals surface area contributed by atoms with Crippen LogP contribution in [-0.2, 0) is 0 Å². The summed E-state index contributed by atoms with van der Waals surface area (Å²) in [5.74, 6) is -0.811. The molecule has 0 fully saturated rings. The van der Waals surface area contributed by atoms with E-state index in [1.54, 1.807) is 6.07 Å². The van der Waals surface area contributed by atoms with Gasteiger partial charge in [0.2, 0.25) is 5.78 Å². The van der Waals surface area contributed by atoms with Gasteiger partial charge in [0.25, 0.3) is 0 Å². The number of hydrogen-bond acceptors (Lipinski definition) is 2. The molecule has 0 saturated carbocycles. The normalized spacial score (nSPS) is 11.0. The molecule has 0 aliphatic carbocycles. The average molecular weight is 347 g/mol. The second-order valence-corrected chi connectivity index (χ2v) is 5.92. The van der Waals surface area contributed by atoms with Gasteiger partial charge >= 0.3 is 0 Å². The minimum atomic E-state index is -0.564. The summed E-state index contributed by atoms with van der Waals surface area (Å²) in [6.45, 7) is 3.76. The van der Waals surface area contributed by atoms with Crippen molar-refractivity contribution in [2.75, 3.05) is 0 Å². The Morgan fingerprint density at radius 2 is 1.90 bits per heavy atom. The zero-order chi connectivity index (χ0) is 15.1. The lowest BCUT2D eigenvalue weighted by Crippen LogP contribution is -2.04. The third kappa shape index (κ3) is 2.40. The fourth-order valence-corrected chi connectivity index (χ4v) is 2.68. The number of furan rings is 1. The molecule has 0 aliphatic rings. The van der Waals surface area contributed by atoms with Crippen molar-refractivity contribution in [3.05, 3.63) is 69.1 Å². The Hall–Kier alpha value is -1.94. The maximum Gasteiger partial charge on any atom is 0.231 e. The lowest BCUT2D eigenvalue weighted by molar-refractivity contribution is 0.101. The van der Waals surface area contributed by atoms with E-state index in [0.717, 1.165) is 16.5 Å². The molecule has 0 atom stereocenters. The van der Waals surface area contributed by atoms with Gasteiger partial charge in [-0.1, -0.05) is 28.1 Å². The highest BCUT2D eigenvalue weighted by Gasteiger charge is 2.21. The summed E-state index contributed by atoms with van der Waals surface area (Å²) in [5.41, 5.74) is 2.44. The molecule has 0 saturated heterocycles. The molecule has 3 aromatic rings. The van der Waals surface area contributed by atoms with Gasteiger partial charge in [0.1, 0.15) is 11.4 Å². The van der Waals surface area contributed by atoms with E-state index in [9.17, 15) is 9.18 Å². The van der Waals surface area contributed by atoms with Gasteiger partial charge in [-0.25, -0.2) is 4.39 Å². The van der Waals surface area contributed by atoms with Crippen molar-refractivity contribution in [2.45, 2.75) is 13.8 Å². The van der Waals surface area contributed by atoms with Crippen molar-refractivity contribution in [3.8, 4) is 0 Å². The second kappa shape index (κ2) is 5.11. The fourth-order valence-electron chi connectivity index (χ4n) is 2.35. The molecule has 3 rings (SSSR count). The lowest BCUT2D eigenvalue weighted by Gasteiger charge is -2.01. The molecule has 1 aromatic heterocycles. The van der Waals surface area contributed by atoms with Gasteiger partial charge in [0, 0.05) is 15.4 Å². The largest absolute Gasteiger partial charge is 0.452 e. The zero-order valence-electron chi connectivity index (χ0n) is 11.5. The second-order valence-electron chi connectivity index (χ2n) is 5.01. The topological polar surface area (TPSA) is 30.2 Å². The summed E-state index contributed by atoms with van der Waals surface area (Å²) in [6.07, 6.45) is 0. The molecule has 1 heterocycles. The standard InChI is InChI=1S/C17H12BrFO2/c1-9-3-5-12-10(2)17(21-15(12)7-9)16(20)13-6-4-11(18)8-14(13)19/h3-8H,1-2H3. The van der Waals surface area contributed by atoms with E-state index in [2.05, 4.69) is 15.9 Å². The van der Waals surface area contributed by atoms with Gasteiger partial charge in [-0.15, -0.1) is 0 Å². The van der Waals surface area contributed by atoms with E-state index < -0.39 is 11.6 Å². The number of aryl methyl sites for hydroxylation is 2. The molecule has 0 amide bonds. The van der Waals surface area contributed by atoms with E-state index in [4.69, 9.17) is 4.42 Å². The van der Waals surface area contributed by atoms with Crippen LogP contribution in [0.4, 0.5) is 4.39 Å². The Morgan fingerprint density at radius 3 is 2.62 bits per heavy atom. The quantitative estimate of drug-likeness (QED) is 0.598. The Bertz CT molecular complexity index is 865. The molecule has 2 nitrogen and oxygen atoms in total. The first kappa shape index (κ1) is 14.0. The van der Waals surface area contributed by atoms with Crippen molar-refractivity contribution in [2.24, 2.45) is 0 Å². The highest BCUT2D eigenvalue weighted by Crippen LogP contribution is 2.28. The Kier molecular flexibility index (Phi) is 3.41. The van der Waals surface area contributed by atoms with Gasteiger partial charge < -0.3 is 4.42 Å². The molecule has 0 unspecified atom stereocenters. The Morgan fingerprint density at radius 1 is 1.14 bits per heavy atom. The molecule has 2 aromatic carbocycles. The third-order valence-corrected chi connectivity index (χ3v) is 3.97. The van der Waals surface area contributed by atoms with Crippen molar-refractivity contribution >= 4 is 32.7 Å². The first-order chi connectivity index (χ1) is 9.97. The molecule has 4 heteroatoms. The number of hydrogen-bond donors (Lipinski definition) is 0. The highest BCUT2D eigenvalue weighted by atomic mass is 79.9. The monoisotopic (exact) mass is 346 g/mol. The predicted octanol–water partition coefficient (Wildman–Crippen LogP) is 5.18. The minimum Gasteiger partial charge on any atom is -0.452 e. The Balaban J connectivity index is 2.15. The van der Waals surface area contributed by atoms with Crippen molar-refractivity contribution in [3.63, 3.8) is 0 Å². The summed E-state index contributed by atoms with van der Waals surface area (Å²) in [7, 11) is 0. The van der Waals surface area contributed by atoms with Crippen molar-refractivity contribution < 1.29 is 13.6 Å². The minimum absolute atomic E-state index is 0.0112. The van der Waals surface area contributed by atoms with Crippen LogP contribution in [0.5, 0.6) is 0 Å². The van der Waals surface area contributed by atoms with Crippen LogP contribution in [0.2, 0.25) is 0 Å². The highest BCUT2D eigenvalue weighted by molar-refractivity contribution is 9.10. The van der Waals surface area contributed by atoms with E-state index in [1.165, 1.54) is 12.1 Å². The number of carbonyl (C=O) groups excluding carboxylic acids is 1. The number of halogens is 2. The maximum absolute atomic E-state index is 13.9.